The monoisotopic (exact) mass is 568 g/mol. The van der Waals surface area contributed by atoms with E-state index in [0.29, 0.717) is 7.48 Å². The number of hydrogen-bond donors (Lipinski definition) is 1. The lowest BCUT2D eigenvalue weighted by atomic mass is 9.69. The Morgan fingerprint density at radius 2 is 1.09 bits per heavy atom. The first-order valence-electron chi connectivity index (χ1n) is 15.6. The van der Waals surface area contributed by atoms with Crippen molar-refractivity contribution < 1.29 is 9.76 Å². The third-order valence-corrected chi connectivity index (χ3v) is 10.9. The van der Waals surface area contributed by atoms with Crippen LogP contribution in [0.15, 0.2) is 115 Å². The summed E-state index contributed by atoms with van der Waals surface area (Å²) >= 11 is 0. The van der Waals surface area contributed by atoms with Crippen LogP contribution in [0.3, 0.4) is 0 Å². The number of aliphatic hydroxyl groups is 1. The molecule has 1 atom stereocenters. The lowest BCUT2D eigenvalue weighted by Crippen LogP contribution is -2.49. The largest absolute Gasteiger partial charge is 0.427 e. The van der Waals surface area contributed by atoms with Crippen LogP contribution in [-0.2, 0) is 10.1 Å². The van der Waals surface area contributed by atoms with E-state index >= 15 is 0 Å². The number of fused-ring (bicyclic) bond motifs is 14. The Morgan fingerprint density at radius 1 is 0.545 bits per heavy atom. The lowest BCUT2D eigenvalue weighted by Gasteiger charge is -2.37. The highest BCUT2D eigenvalue weighted by Gasteiger charge is 2.53. The molecule has 44 heavy (non-hydrogen) atoms. The van der Waals surface area contributed by atoms with Gasteiger partial charge in [0.2, 0.25) is 0 Å². The van der Waals surface area contributed by atoms with Crippen molar-refractivity contribution in [2.24, 2.45) is 0 Å². The molecule has 3 aliphatic rings. The summed E-state index contributed by atoms with van der Waals surface area (Å²) in [6, 6.07) is 42.9. The average Bonchev–Trinajstić information content (AvgIpc) is 3.63. The van der Waals surface area contributed by atoms with Crippen LogP contribution in [0.2, 0.25) is 0 Å². The standard InChI is InChI=1S/C41H33BO2/c1-39(2,43)40(3,4)44-42-35-22-12-21-33-38(35)28-16-8-10-20-32(28)41(33)31-19-9-7-15-27(31)37-29-18-11-17-26-24-13-5-6-14-25(24)30(36(26)29)23-34(37)41/h5-23,42-43H,1-4H3. The van der Waals surface area contributed by atoms with Crippen molar-refractivity contribution >= 4 is 23.7 Å². The molecule has 1 unspecified atom stereocenters. The predicted molar refractivity (Wildman–Crippen MR) is 183 cm³/mol. The molecular formula is C41H33BO2. The van der Waals surface area contributed by atoms with Crippen LogP contribution in [-0.4, -0.2) is 23.8 Å². The second kappa shape index (κ2) is 8.60. The van der Waals surface area contributed by atoms with Crippen LogP contribution in [0.1, 0.15) is 49.9 Å². The van der Waals surface area contributed by atoms with Crippen molar-refractivity contribution in [1.29, 1.82) is 0 Å². The lowest BCUT2D eigenvalue weighted by molar-refractivity contribution is -0.0893. The minimum absolute atomic E-state index is 0.415. The number of rotatable bonds is 4. The zero-order valence-corrected chi connectivity index (χ0v) is 25.5. The minimum atomic E-state index is -0.980. The van der Waals surface area contributed by atoms with Crippen molar-refractivity contribution in [3.8, 4) is 44.5 Å². The number of hydrogen-bond acceptors (Lipinski definition) is 2. The summed E-state index contributed by atoms with van der Waals surface area (Å²) in [6.07, 6.45) is 0. The summed E-state index contributed by atoms with van der Waals surface area (Å²) < 4.78 is 6.50. The zero-order chi connectivity index (χ0) is 30.0. The van der Waals surface area contributed by atoms with Gasteiger partial charge in [-0.2, -0.15) is 0 Å². The molecule has 1 spiro atoms. The molecule has 6 aromatic rings. The Kier molecular flexibility index (Phi) is 5.08. The van der Waals surface area contributed by atoms with Crippen molar-refractivity contribution in [3.63, 3.8) is 0 Å². The Morgan fingerprint density at radius 3 is 1.77 bits per heavy atom. The van der Waals surface area contributed by atoms with Gasteiger partial charge in [0, 0.05) is 0 Å². The van der Waals surface area contributed by atoms with Crippen molar-refractivity contribution in [2.45, 2.75) is 44.3 Å². The van der Waals surface area contributed by atoms with Crippen LogP contribution in [0.5, 0.6) is 0 Å². The molecule has 0 saturated heterocycles. The highest BCUT2D eigenvalue weighted by Crippen LogP contribution is 2.65. The summed E-state index contributed by atoms with van der Waals surface area (Å²) in [4.78, 5) is 0. The minimum Gasteiger partial charge on any atom is -0.427 e. The van der Waals surface area contributed by atoms with Crippen LogP contribution >= 0.6 is 0 Å². The van der Waals surface area contributed by atoms with Gasteiger partial charge in [0.1, 0.15) is 0 Å². The second-order valence-electron chi connectivity index (χ2n) is 13.7. The zero-order valence-electron chi connectivity index (χ0n) is 25.5. The molecule has 0 aromatic heterocycles. The van der Waals surface area contributed by atoms with Gasteiger partial charge in [0.05, 0.1) is 16.6 Å². The third kappa shape index (κ3) is 3.09. The van der Waals surface area contributed by atoms with Gasteiger partial charge in [0.15, 0.2) is 0 Å². The van der Waals surface area contributed by atoms with E-state index in [2.05, 4.69) is 115 Å². The highest BCUT2D eigenvalue weighted by molar-refractivity contribution is 6.50. The number of benzene rings is 6. The van der Waals surface area contributed by atoms with Gasteiger partial charge in [-0.05, 0) is 117 Å². The van der Waals surface area contributed by atoms with Crippen LogP contribution in [0, 0.1) is 0 Å². The fourth-order valence-electron chi connectivity index (χ4n) is 8.17. The smallest absolute Gasteiger partial charge is 0.310 e. The normalized spacial score (nSPS) is 16.9. The van der Waals surface area contributed by atoms with Gasteiger partial charge in [-0.1, -0.05) is 109 Å². The van der Waals surface area contributed by atoms with Crippen LogP contribution in [0.4, 0.5) is 0 Å². The Hall–Kier alpha value is -4.44. The molecule has 212 valence electrons. The fourth-order valence-corrected chi connectivity index (χ4v) is 8.17. The highest BCUT2D eigenvalue weighted by atomic mass is 16.5. The summed E-state index contributed by atoms with van der Waals surface area (Å²) in [5.41, 5.74) is 14.8. The van der Waals surface area contributed by atoms with Crippen molar-refractivity contribution in [1.82, 2.24) is 0 Å². The Balaban J connectivity index is 1.38. The molecule has 0 saturated carbocycles. The molecule has 6 aromatic carbocycles. The van der Waals surface area contributed by atoms with E-state index in [1.807, 2.05) is 27.7 Å². The summed E-state index contributed by atoms with van der Waals surface area (Å²) in [6.45, 7) is 7.57. The fraction of sp³-hybridized carbons (Fsp3) is 0.171. The van der Waals surface area contributed by atoms with Crippen LogP contribution < -0.4 is 5.46 Å². The molecular weight excluding hydrogens is 535 g/mol. The predicted octanol–water partition coefficient (Wildman–Crippen LogP) is 8.37. The molecule has 0 heterocycles. The molecule has 3 heteroatoms. The third-order valence-electron chi connectivity index (χ3n) is 10.9. The van der Waals surface area contributed by atoms with E-state index in [4.69, 9.17) is 4.65 Å². The summed E-state index contributed by atoms with van der Waals surface area (Å²) in [5, 5.41) is 13.5. The van der Waals surface area contributed by atoms with Gasteiger partial charge in [-0.25, -0.2) is 0 Å². The van der Waals surface area contributed by atoms with E-state index < -0.39 is 16.6 Å². The maximum atomic E-state index is 10.8. The first-order chi connectivity index (χ1) is 21.2. The van der Waals surface area contributed by atoms with Gasteiger partial charge >= 0.3 is 7.48 Å². The quantitative estimate of drug-likeness (QED) is 0.216. The average molecular weight is 569 g/mol. The summed E-state index contributed by atoms with van der Waals surface area (Å²) in [5.74, 6) is 0. The van der Waals surface area contributed by atoms with Gasteiger partial charge < -0.3 is 9.76 Å². The molecule has 0 bridgehead atoms. The van der Waals surface area contributed by atoms with Crippen molar-refractivity contribution in [2.75, 3.05) is 0 Å². The van der Waals surface area contributed by atoms with E-state index in [1.54, 1.807) is 0 Å². The Labute approximate surface area is 259 Å². The maximum absolute atomic E-state index is 10.8. The van der Waals surface area contributed by atoms with Gasteiger partial charge in [0.25, 0.3) is 0 Å². The Bertz CT molecular complexity index is 2200. The first kappa shape index (κ1) is 26.0. The molecule has 1 N–H and O–H groups in total. The molecule has 0 radical (unpaired) electrons. The van der Waals surface area contributed by atoms with Crippen LogP contribution in [0.25, 0.3) is 55.3 Å². The molecule has 0 fully saturated rings. The molecule has 3 aliphatic carbocycles. The molecule has 0 aliphatic heterocycles. The maximum Gasteiger partial charge on any atom is 0.310 e. The van der Waals surface area contributed by atoms with E-state index in [9.17, 15) is 5.11 Å². The van der Waals surface area contributed by atoms with Crippen molar-refractivity contribution in [3.05, 3.63) is 138 Å². The second-order valence-corrected chi connectivity index (χ2v) is 13.7. The van der Waals surface area contributed by atoms with E-state index in [1.165, 1.54) is 77.5 Å². The molecule has 9 rings (SSSR count). The topological polar surface area (TPSA) is 29.5 Å². The summed E-state index contributed by atoms with van der Waals surface area (Å²) in [7, 11) is 0.415. The SMILES string of the molecule is CC(C)(O)C(C)(C)OBc1cccc2c1-c1ccccc1C21c2ccccc2-c2c1cc1c3c(cccc23)-c2ccccc2-1. The molecule has 0 amide bonds. The van der Waals surface area contributed by atoms with E-state index in [0.717, 1.165) is 5.46 Å². The molecule has 2 nitrogen and oxygen atoms in total. The van der Waals surface area contributed by atoms with Gasteiger partial charge in [-0.3, -0.25) is 0 Å². The van der Waals surface area contributed by atoms with Gasteiger partial charge in [-0.15, -0.1) is 0 Å². The van der Waals surface area contributed by atoms with E-state index in [-0.39, 0.29) is 0 Å². The first-order valence-corrected chi connectivity index (χ1v) is 15.6.